The van der Waals surface area contributed by atoms with E-state index in [1.807, 2.05) is 86.6 Å². The Bertz CT molecular complexity index is 2020. The van der Waals surface area contributed by atoms with Gasteiger partial charge in [0.15, 0.2) is 8.68 Å². The third-order valence-corrected chi connectivity index (χ3v) is 11.8. The molecule has 6 rings (SSSR count). The first kappa shape index (κ1) is 36.3. The first-order chi connectivity index (χ1) is 24.8. The summed E-state index contributed by atoms with van der Waals surface area (Å²) in [5.74, 6) is 2.85. The van der Waals surface area contributed by atoms with Crippen LogP contribution in [0.25, 0.3) is 20.4 Å². The number of fused-ring (bicyclic) bond motifs is 2. The van der Waals surface area contributed by atoms with E-state index in [1.54, 1.807) is 14.2 Å². The highest BCUT2D eigenvalue weighted by atomic mass is 32.2. The van der Waals surface area contributed by atoms with Crippen molar-refractivity contribution in [1.29, 1.82) is 0 Å². The number of amides is 2. The smallest absolute Gasteiger partial charge is 0.234 e. The van der Waals surface area contributed by atoms with Crippen LogP contribution in [0.1, 0.15) is 25.0 Å². The fourth-order valence-electron chi connectivity index (χ4n) is 5.16. The number of carbonyl (C=O) groups excluding carboxylic acids is 2. The molecule has 0 aliphatic rings. The lowest BCUT2D eigenvalue weighted by Gasteiger charge is -2.14. The van der Waals surface area contributed by atoms with Gasteiger partial charge in [0.25, 0.3) is 0 Å². The van der Waals surface area contributed by atoms with Crippen molar-refractivity contribution in [2.45, 2.75) is 28.9 Å². The Kier molecular flexibility index (Phi) is 12.2. The highest BCUT2D eigenvalue weighted by Gasteiger charge is 2.15. The second-order valence-corrected chi connectivity index (χ2v) is 15.5. The van der Waals surface area contributed by atoms with E-state index in [0.29, 0.717) is 42.5 Å². The van der Waals surface area contributed by atoms with Gasteiger partial charge in [-0.05, 0) is 92.1 Å². The molecule has 10 nitrogen and oxygen atoms in total. The molecular formula is C37H36N4O6S4. The minimum absolute atomic E-state index is 0.155. The molecule has 14 heteroatoms. The lowest BCUT2D eigenvalue weighted by molar-refractivity contribution is -0.114. The molecular weight excluding hydrogens is 725 g/mol. The van der Waals surface area contributed by atoms with Crippen LogP contribution in [-0.4, -0.2) is 60.7 Å². The summed E-state index contributed by atoms with van der Waals surface area (Å²) in [5.41, 5.74) is 4.92. The number of hydrogen-bond donors (Lipinski definition) is 2. The lowest BCUT2D eigenvalue weighted by atomic mass is 10.0. The molecule has 0 atom stereocenters. The van der Waals surface area contributed by atoms with Crippen LogP contribution in [0, 0.1) is 0 Å². The van der Waals surface area contributed by atoms with Gasteiger partial charge in [-0.15, -0.1) is 22.7 Å². The normalized spacial score (nSPS) is 11.1. The highest BCUT2D eigenvalue weighted by molar-refractivity contribution is 8.02. The second-order valence-electron chi connectivity index (χ2n) is 11.0. The van der Waals surface area contributed by atoms with E-state index in [1.165, 1.54) is 46.2 Å². The predicted molar refractivity (Wildman–Crippen MR) is 209 cm³/mol. The van der Waals surface area contributed by atoms with Crippen molar-refractivity contribution in [3.05, 3.63) is 83.9 Å². The van der Waals surface area contributed by atoms with Gasteiger partial charge in [-0.25, -0.2) is 9.97 Å². The van der Waals surface area contributed by atoms with Crippen LogP contribution in [-0.2, 0) is 16.0 Å². The molecule has 2 aromatic heterocycles. The molecule has 0 unspecified atom stereocenters. The van der Waals surface area contributed by atoms with Crippen LogP contribution < -0.4 is 29.6 Å². The summed E-state index contributed by atoms with van der Waals surface area (Å²) in [6, 6.07) is 23.0. The molecule has 0 aliphatic heterocycles. The minimum atomic E-state index is -0.155. The number of aromatic nitrogens is 2. The van der Waals surface area contributed by atoms with Gasteiger partial charge in [-0.2, -0.15) is 0 Å². The van der Waals surface area contributed by atoms with E-state index >= 15 is 0 Å². The molecule has 51 heavy (non-hydrogen) atoms. The number of ether oxygens (including phenoxy) is 4. The number of rotatable bonds is 16. The van der Waals surface area contributed by atoms with Gasteiger partial charge in [0.2, 0.25) is 11.8 Å². The van der Waals surface area contributed by atoms with E-state index in [9.17, 15) is 9.59 Å². The van der Waals surface area contributed by atoms with Crippen molar-refractivity contribution in [2.75, 3.05) is 49.6 Å². The standard InChI is InChI=1S/C37H36N4O6S4/c1-5-46-24-9-13-28-32(18-24)50-36(40-28)48-20-34(42)38-26-11-7-22(16-30(26)44-3)15-23-8-12-27(31(17-23)45-4)39-35(43)21-49-37-41-29-14-10-25(47-6-2)19-33(29)51-37/h7-14,16-19H,5-6,15,20-21H2,1-4H3,(H,38,42)(H,39,43). The largest absolute Gasteiger partial charge is 0.495 e. The topological polar surface area (TPSA) is 121 Å². The SMILES string of the molecule is CCOc1ccc2nc(SCC(=O)Nc3ccc(Cc4ccc(NC(=O)CSc5nc6ccc(OCC)cc6s5)c(OC)c4)cc3OC)sc2c1. The van der Waals surface area contributed by atoms with Crippen LogP contribution >= 0.6 is 46.2 Å². The summed E-state index contributed by atoms with van der Waals surface area (Å²) in [6.07, 6.45) is 0.589. The fourth-order valence-corrected chi connectivity index (χ4v) is 8.96. The maximum Gasteiger partial charge on any atom is 0.234 e. The molecule has 0 bridgehead atoms. The quantitative estimate of drug-likeness (QED) is 0.0927. The van der Waals surface area contributed by atoms with Gasteiger partial charge in [0.1, 0.15) is 23.0 Å². The summed E-state index contributed by atoms with van der Waals surface area (Å²) in [5, 5.41) is 5.92. The Balaban J connectivity index is 1.02. The predicted octanol–water partition coefficient (Wildman–Crippen LogP) is 8.77. The van der Waals surface area contributed by atoms with Crippen molar-refractivity contribution in [3.63, 3.8) is 0 Å². The Labute approximate surface area is 312 Å². The zero-order valence-electron chi connectivity index (χ0n) is 28.4. The van der Waals surface area contributed by atoms with E-state index < -0.39 is 0 Å². The Morgan fingerprint density at radius 1 is 0.647 bits per heavy atom. The Morgan fingerprint density at radius 2 is 1.10 bits per heavy atom. The molecule has 2 heterocycles. The molecule has 0 fully saturated rings. The third-order valence-electron chi connectivity index (χ3n) is 7.44. The maximum atomic E-state index is 12.9. The summed E-state index contributed by atoms with van der Waals surface area (Å²) in [6.45, 7) is 5.10. The van der Waals surface area contributed by atoms with E-state index in [-0.39, 0.29) is 23.3 Å². The Hall–Kier alpha value is -4.50. The van der Waals surface area contributed by atoms with E-state index in [2.05, 4.69) is 20.6 Å². The number of thioether (sulfide) groups is 2. The molecule has 0 saturated carbocycles. The summed E-state index contributed by atoms with van der Waals surface area (Å²) >= 11 is 5.86. The second kappa shape index (κ2) is 17.1. The molecule has 0 aliphatic carbocycles. The molecule has 2 amide bonds. The van der Waals surface area contributed by atoms with Crippen molar-refractivity contribution in [1.82, 2.24) is 9.97 Å². The zero-order chi connectivity index (χ0) is 35.7. The molecule has 0 radical (unpaired) electrons. The number of hydrogen-bond acceptors (Lipinski definition) is 12. The number of nitrogens with zero attached hydrogens (tertiary/aromatic N) is 2. The van der Waals surface area contributed by atoms with E-state index in [0.717, 1.165) is 51.7 Å². The average molecular weight is 761 g/mol. The summed E-state index contributed by atoms with van der Waals surface area (Å²) in [4.78, 5) is 35.0. The zero-order valence-corrected chi connectivity index (χ0v) is 31.7. The molecule has 4 aromatic carbocycles. The first-order valence-electron chi connectivity index (χ1n) is 16.1. The van der Waals surface area contributed by atoms with Crippen LogP contribution in [0.15, 0.2) is 81.5 Å². The van der Waals surface area contributed by atoms with Gasteiger partial charge in [-0.1, -0.05) is 35.7 Å². The molecule has 6 aromatic rings. The number of thiazole rings is 2. The van der Waals surface area contributed by atoms with Crippen molar-refractivity contribution >= 4 is 89.8 Å². The number of carbonyl (C=O) groups is 2. The maximum absolute atomic E-state index is 12.9. The van der Waals surface area contributed by atoms with Crippen molar-refractivity contribution < 1.29 is 28.5 Å². The molecule has 264 valence electrons. The van der Waals surface area contributed by atoms with Gasteiger partial charge in [-0.3, -0.25) is 9.59 Å². The van der Waals surface area contributed by atoms with Gasteiger partial charge in [0, 0.05) is 0 Å². The lowest BCUT2D eigenvalue weighted by Crippen LogP contribution is -2.15. The first-order valence-corrected chi connectivity index (χ1v) is 19.7. The number of benzene rings is 4. The summed E-state index contributed by atoms with van der Waals surface area (Å²) < 4.78 is 26.1. The minimum Gasteiger partial charge on any atom is -0.495 e. The van der Waals surface area contributed by atoms with Crippen LogP contribution in [0.2, 0.25) is 0 Å². The number of methoxy groups -OCH3 is 2. The van der Waals surface area contributed by atoms with Gasteiger partial charge < -0.3 is 29.6 Å². The van der Waals surface area contributed by atoms with E-state index in [4.69, 9.17) is 18.9 Å². The number of nitrogens with one attached hydrogen (secondary N) is 2. The average Bonchev–Trinajstić information content (AvgIpc) is 3.74. The summed E-state index contributed by atoms with van der Waals surface area (Å²) in [7, 11) is 3.16. The number of anilines is 2. The van der Waals surface area contributed by atoms with Crippen LogP contribution in [0.3, 0.4) is 0 Å². The fraction of sp³-hybridized carbons (Fsp3) is 0.243. The van der Waals surface area contributed by atoms with Gasteiger partial charge >= 0.3 is 0 Å². The van der Waals surface area contributed by atoms with Gasteiger partial charge in [0.05, 0.1) is 70.7 Å². The monoisotopic (exact) mass is 760 g/mol. The Morgan fingerprint density at radius 3 is 1.51 bits per heavy atom. The van der Waals surface area contributed by atoms with Crippen molar-refractivity contribution in [2.24, 2.45) is 0 Å². The van der Waals surface area contributed by atoms with Crippen molar-refractivity contribution in [3.8, 4) is 23.0 Å². The third kappa shape index (κ3) is 9.44. The van der Waals surface area contributed by atoms with Crippen LogP contribution in [0.4, 0.5) is 11.4 Å². The molecule has 0 spiro atoms. The van der Waals surface area contributed by atoms with Crippen LogP contribution in [0.5, 0.6) is 23.0 Å². The molecule has 2 N–H and O–H groups in total. The highest BCUT2D eigenvalue weighted by Crippen LogP contribution is 2.35. The molecule has 0 saturated heterocycles.